The van der Waals surface area contributed by atoms with E-state index in [0.29, 0.717) is 17.5 Å². The Morgan fingerprint density at radius 2 is 1.03 bits per heavy atom. The maximum atomic E-state index is 5.12. The largest absolute Gasteiger partial charge is 0.309 e. The van der Waals surface area contributed by atoms with Gasteiger partial charge < -0.3 is 4.57 Å². The molecule has 0 fully saturated rings. The fourth-order valence-electron chi connectivity index (χ4n) is 8.74. The zero-order valence-electron chi connectivity index (χ0n) is 33.2. The van der Waals surface area contributed by atoms with Gasteiger partial charge in [0.2, 0.25) is 0 Å². The predicted molar refractivity (Wildman–Crippen MR) is 253 cm³/mol. The lowest BCUT2D eigenvalue weighted by atomic mass is 9.98. The molecule has 3 aromatic heterocycles. The van der Waals surface area contributed by atoms with Crippen molar-refractivity contribution >= 4 is 53.3 Å². The van der Waals surface area contributed by atoms with Crippen LogP contribution >= 0.6 is 11.3 Å². The highest BCUT2D eigenvalue weighted by Crippen LogP contribution is 2.44. The minimum absolute atomic E-state index is 0.652. The first-order valence-electron chi connectivity index (χ1n) is 20.7. The molecule has 8 aromatic carbocycles. The summed E-state index contributed by atoms with van der Waals surface area (Å²) in [6.45, 7) is 2.23. The summed E-state index contributed by atoms with van der Waals surface area (Å²) >= 11 is 1.88. The Kier molecular flexibility index (Phi) is 9.09. The van der Waals surface area contributed by atoms with Gasteiger partial charge in [-0.15, -0.1) is 11.3 Å². The van der Waals surface area contributed by atoms with Crippen molar-refractivity contribution in [1.29, 1.82) is 0 Å². The molecule has 11 rings (SSSR count). The molecule has 0 unspecified atom stereocenters. The van der Waals surface area contributed by atoms with Crippen molar-refractivity contribution in [2.45, 2.75) is 26.2 Å². The molecule has 0 aliphatic carbocycles. The fourth-order valence-corrected chi connectivity index (χ4v) is 9.97. The van der Waals surface area contributed by atoms with Crippen molar-refractivity contribution in [2.75, 3.05) is 0 Å². The van der Waals surface area contributed by atoms with Crippen LogP contribution in [0.1, 0.15) is 25.3 Å². The van der Waals surface area contributed by atoms with Crippen molar-refractivity contribution in [1.82, 2.24) is 19.5 Å². The van der Waals surface area contributed by atoms with Gasteiger partial charge in [-0.05, 0) is 77.6 Å². The van der Waals surface area contributed by atoms with Gasteiger partial charge in [-0.2, -0.15) is 0 Å². The predicted octanol–water partition coefficient (Wildman–Crippen LogP) is 15.0. The standard InChI is InChI=1S/C55H40N4S/c1-2-3-16-36-17-11-22-40(33-36)54-56-53(37-18-5-4-6-19-37)57-55(58-54)41-23-12-20-38(34-41)39-21-13-24-42(35-39)59-48-30-9-7-26-47(48)51-44(27-15-31-49(51)59)46-29-14-28-45-43-25-8-10-32-50(43)60-52(45)46/h4-15,17-35H,2-3,16H2,1H3. The molecular formula is C55H40N4S. The summed E-state index contributed by atoms with van der Waals surface area (Å²) < 4.78 is 5.06. The van der Waals surface area contributed by atoms with Crippen LogP contribution in [0.2, 0.25) is 0 Å². The van der Waals surface area contributed by atoms with Crippen molar-refractivity contribution in [3.05, 3.63) is 194 Å². The van der Waals surface area contributed by atoms with Crippen LogP contribution in [0.5, 0.6) is 0 Å². The quantitative estimate of drug-likeness (QED) is 0.146. The minimum Gasteiger partial charge on any atom is -0.309 e. The summed E-state index contributed by atoms with van der Waals surface area (Å²) in [7, 11) is 0. The molecule has 0 N–H and O–H groups in total. The molecule has 0 aliphatic rings. The average molecular weight is 789 g/mol. The normalized spacial score (nSPS) is 11.6. The molecule has 0 amide bonds. The first-order valence-corrected chi connectivity index (χ1v) is 21.6. The third-order valence-corrected chi connectivity index (χ3v) is 12.8. The highest BCUT2D eigenvalue weighted by molar-refractivity contribution is 7.26. The van der Waals surface area contributed by atoms with E-state index in [-0.39, 0.29) is 0 Å². The average Bonchev–Trinajstić information content (AvgIpc) is 3.87. The lowest BCUT2D eigenvalue weighted by Gasteiger charge is -2.12. The Bertz CT molecular complexity index is 3380. The summed E-state index contributed by atoms with van der Waals surface area (Å²) in [5, 5.41) is 5.13. The molecule has 0 saturated heterocycles. The highest BCUT2D eigenvalue weighted by Gasteiger charge is 2.19. The maximum absolute atomic E-state index is 5.12. The molecular weight excluding hydrogens is 749 g/mol. The van der Waals surface area contributed by atoms with Crippen LogP contribution in [0.25, 0.3) is 104 Å². The number of nitrogens with zero attached hydrogens (tertiary/aromatic N) is 4. The van der Waals surface area contributed by atoms with Crippen molar-refractivity contribution in [3.8, 4) is 62.1 Å². The number of para-hydroxylation sites is 1. The Morgan fingerprint density at radius 1 is 0.450 bits per heavy atom. The Labute approximate surface area is 353 Å². The smallest absolute Gasteiger partial charge is 0.164 e. The van der Waals surface area contributed by atoms with Gasteiger partial charge in [0.15, 0.2) is 17.5 Å². The second kappa shape index (κ2) is 15.2. The van der Waals surface area contributed by atoms with Crippen LogP contribution in [0.15, 0.2) is 188 Å². The van der Waals surface area contributed by atoms with Gasteiger partial charge in [-0.3, -0.25) is 0 Å². The van der Waals surface area contributed by atoms with Crippen LogP contribution < -0.4 is 0 Å². The van der Waals surface area contributed by atoms with E-state index in [1.165, 1.54) is 58.7 Å². The van der Waals surface area contributed by atoms with E-state index in [4.69, 9.17) is 15.0 Å². The van der Waals surface area contributed by atoms with E-state index in [2.05, 4.69) is 181 Å². The Morgan fingerprint density at radius 3 is 1.87 bits per heavy atom. The fraction of sp³-hybridized carbons (Fsp3) is 0.0727. The zero-order chi connectivity index (χ0) is 40.0. The number of fused-ring (bicyclic) bond motifs is 6. The molecule has 0 bridgehead atoms. The summed E-state index contributed by atoms with van der Waals surface area (Å²) in [5.74, 6) is 2.00. The van der Waals surface area contributed by atoms with Crippen LogP contribution in [-0.4, -0.2) is 19.5 Å². The molecule has 0 atom stereocenters. The molecule has 60 heavy (non-hydrogen) atoms. The van der Waals surface area contributed by atoms with Gasteiger partial charge in [-0.25, -0.2) is 15.0 Å². The first-order chi connectivity index (χ1) is 29.7. The van der Waals surface area contributed by atoms with Gasteiger partial charge >= 0.3 is 0 Å². The number of hydrogen-bond acceptors (Lipinski definition) is 4. The zero-order valence-corrected chi connectivity index (χ0v) is 34.0. The van der Waals surface area contributed by atoms with Crippen LogP contribution in [0, 0.1) is 0 Å². The second-order valence-corrected chi connectivity index (χ2v) is 16.5. The van der Waals surface area contributed by atoms with E-state index in [9.17, 15) is 0 Å². The monoisotopic (exact) mass is 788 g/mol. The summed E-state index contributed by atoms with van der Waals surface area (Å²) in [5.41, 5.74) is 12.4. The van der Waals surface area contributed by atoms with E-state index in [0.717, 1.165) is 52.8 Å². The van der Waals surface area contributed by atoms with Crippen LogP contribution in [-0.2, 0) is 6.42 Å². The molecule has 3 heterocycles. The van der Waals surface area contributed by atoms with Crippen molar-refractivity contribution in [3.63, 3.8) is 0 Å². The van der Waals surface area contributed by atoms with E-state index in [1.54, 1.807) is 0 Å². The van der Waals surface area contributed by atoms with Crippen molar-refractivity contribution in [2.24, 2.45) is 0 Å². The maximum Gasteiger partial charge on any atom is 0.164 e. The van der Waals surface area contributed by atoms with Gasteiger partial charge in [0.05, 0.1) is 11.0 Å². The van der Waals surface area contributed by atoms with Crippen LogP contribution in [0.4, 0.5) is 0 Å². The first kappa shape index (κ1) is 35.9. The highest BCUT2D eigenvalue weighted by atomic mass is 32.1. The summed E-state index contributed by atoms with van der Waals surface area (Å²) in [6.07, 6.45) is 3.34. The van der Waals surface area contributed by atoms with E-state index in [1.807, 2.05) is 29.5 Å². The number of thiophene rings is 1. The molecule has 5 heteroatoms. The topological polar surface area (TPSA) is 43.6 Å². The number of aromatic nitrogens is 4. The lowest BCUT2D eigenvalue weighted by Crippen LogP contribution is -2.00. The molecule has 11 aromatic rings. The van der Waals surface area contributed by atoms with Gasteiger partial charge in [0, 0.05) is 58.9 Å². The van der Waals surface area contributed by atoms with Crippen LogP contribution in [0.3, 0.4) is 0 Å². The number of aryl methyl sites for hydroxylation is 1. The van der Waals surface area contributed by atoms with E-state index >= 15 is 0 Å². The number of unbranched alkanes of at least 4 members (excludes halogenated alkanes) is 1. The molecule has 0 saturated carbocycles. The lowest BCUT2D eigenvalue weighted by molar-refractivity contribution is 0.795. The molecule has 0 spiro atoms. The summed E-state index contributed by atoms with van der Waals surface area (Å²) in [6, 6.07) is 67.4. The number of hydrogen-bond donors (Lipinski definition) is 0. The molecule has 4 nitrogen and oxygen atoms in total. The Balaban J connectivity index is 1.03. The summed E-state index contributed by atoms with van der Waals surface area (Å²) in [4.78, 5) is 15.2. The minimum atomic E-state index is 0.652. The molecule has 286 valence electrons. The SMILES string of the molecule is CCCCc1cccc(-c2nc(-c3ccccc3)nc(-c3cccc(-c4cccc(-n5c6ccccc6c6c(-c7cccc8c7sc7ccccc78)cccc65)c4)c3)n2)c1. The molecule has 0 radical (unpaired) electrons. The number of benzene rings is 8. The Hall–Kier alpha value is -7.21. The van der Waals surface area contributed by atoms with Gasteiger partial charge in [0.1, 0.15) is 0 Å². The third kappa shape index (κ3) is 6.35. The second-order valence-electron chi connectivity index (χ2n) is 15.4. The molecule has 0 aliphatic heterocycles. The van der Waals surface area contributed by atoms with Gasteiger partial charge in [-0.1, -0.05) is 159 Å². The van der Waals surface area contributed by atoms with Crippen molar-refractivity contribution < 1.29 is 0 Å². The van der Waals surface area contributed by atoms with E-state index < -0.39 is 0 Å². The number of rotatable bonds is 9. The third-order valence-electron chi connectivity index (χ3n) is 11.6. The van der Waals surface area contributed by atoms with Gasteiger partial charge in [0.25, 0.3) is 0 Å².